The lowest BCUT2D eigenvalue weighted by atomic mass is 9.67. The average Bonchev–Trinajstić information content (AvgIpc) is 3.20. The van der Waals surface area contributed by atoms with Gasteiger partial charge in [0.25, 0.3) is 0 Å². The topological polar surface area (TPSA) is 86.6 Å². The van der Waals surface area contributed by atoms with E-state index in [1.807, 2.05) is 18.2 Å². The Labute approximate surface area is 169 Å². The number of hydrogen-bond acceptors (Lipinski definition) is 7. The molecule has 0 saturated carbocycles. The molecule has 2 aliphatic rings. The van der Waals surface area contributed by atoms with Crippen LogP contribution in [0.3, 0.4) is 0 Å². The van der Waals surface area contributed by atoms with Crippen molar-refractivity contribution in [2.24, 2.45) is 11.8 Å². The van der Waals surface area contributed by atoms with E-state index in [2.05, 4.69) is 0 Å². The average molecular weight is 402 g/mol. The number of rotatable bonds is 5. The van der Waals surface area contributed by atoms with E-state index in [1.165, 1.54) is 21.3 Å². The predicted octanol–water partition coefficient (Wildman–Crippen LogP) is 3.08. The van der Waals surface area contributed by atoms with Crippen LogP contribution in [0.15, 0.2) is 18.2 Å². The Morgan fingerprint density at radius 1 is 0.828 bits per heavy atom. The maximum absolute atomic E-state index is 10.7. The molecular weight excluding hydrogens is 376 g/mol. The molecule has 0 amide bonds. The fourth-order valence-electron chi connectivity index (χ4n) is 4.76. The smallest absolute Gasteiger partial charge is 0.201 e. The number of methoxy groups -OCH3 is 4. The van der Waals surface area contributed by atoms with E-state index in [4.69, 9.17) is 23.7 Å². The molecule has 1 saturated heterocycles. The second-order valence-corrected chi connectivity index (χ2v) is 7.45. The van der Waals surface area contributed by atoms with E-state index in [9.17, 15) is 10.2 Å². The van der Waals surface area contributed by atoms with Gasteiger partial charge in [-0.15, -0.1) is 0 Å². The van der Waals surface area contributed by atoms with Gasteiger partial charge in [-0.2, -0.15) is 0 Å². The Kier molecular flexibility index (Phi) is 5.08. The van der Waals surface area contributed by atoms with E-state index < -0.39 is 0 Å². The minimum atomic E-state index is -0.124. The number of fused-ring (bicyclic) bond motifs is 2. The van der Waals surface area contributed by atoms with Gasteiger partial charge in [0.15, 0.2) is 23.0 Å². The van der Waals surface area contributed by atoms with Crippen LogP contribution in [0.4, 0.5) is 0 Å². The van der Waals surface area contributed by atoms with Crippen molar-refractivity contribution in [2.75, 3.05) is 41.7 Å². The van der Waals surface area contributed by atoms with Crippen molar-refractivity contribution < 1.29 is 33.9 Å². The van der Waals surface area contributed by atoms with E-state index >= 15 is 0 Å². The fraction of sp³-hybridized carbons (Fsp3) is 0.455. The molecule has 4 rings (SSSR count). The van der Waals surface area contributed by atoms with Crippen LogP contribution in [0.25, 0.3) is 0 Å². The summed E-state index contributed by atoms with van der Waals surface area (Å²) in [4.78, 5) is 0. The molecule has 1 aliphatic carbocycles. The number of hydrogen-bond donors (Lipinski definition) is 2. The summed E-state index contributed by atoms with van der Waals surface area (Å²) in [6.07, 6.45) is 0.815. The lowest BCUT2D eigenvalue weighted by molar-refractivity contribution is 0.179. The first kappa shape index (κ1) is 19.5. The van der Waals surface area contributed by atoms with Crippen molar-refractivity contribution in [3.63, 3.8) is 0 Å². The number of phenols is 2. The Hall–Kier alpha value is -2.80. The van der Waals surface area contributed by atoms with Crippen LogP contribution in [0, 0.1) is 11.8 Å². The SMILES string of the molecule is COc1cc([C@H]2c3c(cc(OC)c(O)c3OC)C[C@@H]3COC[C@H]32)cc(OC)c1O. The van der Waals surface area contributed by atoms with E-state index in [1.54, 1.807) is 7.11 Å². The number of aromatic hydroxyl groups is 2. The fourth-order valence-corrected chi connectivity index (χ4v) is 4.76. The zero-order valence-corrected chi connectivity index (χ0v) is 17.0. The number of benzene rings is 2. The maximum atomic E-state index is 10.7. The number of phenolic OH excluding ortho intramolecular Hbond substituents is 2. The molecule has 2 aromatic carbocycles. The van der Waals surface area contributed by atoms with Crippen molar-refractivity contribution in [3.05, 3.63) is 34.9 Å². The highest BCUT2D eigenvalue weighted by Crippen LogP contribution is 2.55. The molecule has 156 valence electrons. The van der Waals surface area contributed by atoms with Gasteiger partial charge in [0.05, 0.1) is 41.7 Å². The largest absolute Gasteiger partial charge is 0.502 e. The standard InChI is InChI=1S/C22H26O7/c1-25-15-7-12(8-16(26-2)20(15)23)18-14-10-29-9-13(14)5-11-6-17(27-3)21(24)22(28-4)19(11)18/h6-8,13-14,18,23-24H,5,9-10H2,1-4H3/t13-,14-,18-/m1/s1. The molecule has 2 aromatic rings. The molecule has 1 aliphatic heterocycles. The zero-order valence-electron chi connectivity index (χ0n) is 17.0. The van der Waals surface area contributed by atoms with E-state index in [-0.39, 0.29) is 23.3 Å². The Balaban J connectivity index is 1.97. The molecular formula is C22H26O7. The normalized spacial score (nSPS) is 22.6. The molecule has 0 spiro atoms. The first-order valence-electron chi connectivity index (χ1n) is 9.53. The third-order valence-corrected chi connectivity index (χ3v) is 6.10. The number of ether oxygens (including phenoxy) is 5. The quantitative estimate of drug-likeness (QED) is 0.795. The Morgan fingerprint density at radius 3 is 2.03 bits per heavy atom. The molecule has 3 atom stereocenters. The summed E-state index contributed by atoms with van der Waals surface area (Å²) in [5, 5.41) is 21.1. The molecule has 7 heteroatoms. The Bertz CT molecular complexity index is 899. The third kappa shape index (κ3) is 3.00. The van der Waals surface area contributed by atoms with Crippen molar-refractivity contribution in [2.45, 2.75) is 12.3 Å². The van der Waals surface area contributed by atoms with Gasteiger partial charge in [-0.05, 0) is 47.6 Å². The predicted molar refractivity (Wildman–Crippen MR) is 106 cm³/mol. The first-order valence-corrected chi connectivity index (χ1v) is 9.53. The van der Waals surface area contributed by atoms with Crippen LogP contribution < -0.4 is 18.9 Å². The highest BCUT2D eigenvalue weighted by Gasteiger charge is 2.44. The Morgan fingerprint density at radius 2 is 1.45 bits per heavy atom. The van der Waals surface area contributed by atoms with Gasteiger partial charge in [0.1, 0.15) is 0 Å². The van der Waals surface area contributed by atoms with Crippen LogP contribution >= 0.6 is 0 Å². The lowest BCUT2D eigenvalue weighted by Gasteiger charge is -2.36. The first-order chi connectivity index (χ1) is 14.0. The van der Waals surface area contributed by atoms with Crippen molar-refractivity contribution in [1.82, 2.24) is 0 Å². The summed E-state index contributed by atoms with van der Waals surface area (Å²) >= 11 is 0. The molecule has 1 fully saturated rings. The molecule has 2 N–H and O–H groups in total. The van der Waals surface area contributed by atoms with Gasteiger partial charge in [0.2, 0.25) is 11.5 Å². The van der Waals surface area contributed by atoms with Crippen LogP contribution in [0.1, 0.15) is 22.6 Å². The highest BCUT2D eigenvalue weighted by molar-refractivity contribution is 5.64. The van der Waals surface area contributed by atoms with Gasteiger partial charge in [-0.1, -0.05) is 0 Å². The summed E-state index contributed by atoms with van der Waals surface area (Å²) in [5.41, 5.74) is 2.87. The van der Waals surface area contributed by atoms with Crippen molar-refractivity contribution >= 4 is 0 Å². The second-order valence-electron chi connectivity index (χ2n) is 7.45. The lowest BCUT2D eigenvalue weighted by Crippen LogP contribution is -2.30. The van der Waals surface area contributed by atoms with E-state index in [0.29, 0.717) is 42.1 Å². The van der Waals surface area contributed by atoms with Crippen LogP contribution in [-0.2, 0) is 11.2 Å². The summed E-state index contributed by atoms with van der Waals surface area (Å²) in [6, 6.07) is 5.51. The molecule has 29 heavy (non-hydrogen) atoms. The maximum Gasteiger partial charge on any atom is 0.201 e. The van der Waals surface area contributed by atoms with Gasteiger partial charge in [-0.3, -0.25) is 0 Å². The van der Waals surface area contributed by atoms with E-state index in [0.717, 1.165) is 23.1 Å². The molecule has 1 heterocycles. The van der Waals surface area contributed by atoms with Crippen LogP contribution in [-0.4, -0.2) is 51.9 Å². The second kappa shape index (κ2) is 7.55. The van der Waals surface area contributed by atoms with Crippen LogP contribution in [0.5, 0.6) is 34.5 Å². The molecule has 0 radical (unpaired) electrons. The minimum absolute atomic E-state index is 0.0196. The van der Waals surface area contributed by atoms with Crippen molar-refractivity contribution in [3.8, 4) is 34.5 Å². The molecule has 7 nitrogen and oxygen atoms in total. The summed E-state index contributed by atoms with van der Waals surface area (Å²) in [5.74, 6) is 1.80. The van der Waals surface area contributed by atoms with Gasteiger partial charge in [-0.25, -0.2) is 0 Å². The molecule has 0 bridgehead atoms. The highest BCUT2D eigenvalue weighted by atomic mass is 16.5. The van der Waals surface area contributed by atoms with Gasteiger partial charge >= 0.3 is 0 Å². The van der Waals surface area contributed by atoms with Gasteiger partial charge in [0, 0.05) is 11.5 Å². The minimum Gasteiger partial charge on any atom is -0.502 e. The summed E-state index contributed by atoms with van der Waals surface area (Å²) < 4.78 is 27.6. The van der Waals surface area contributed by atoms with Crippen LogP contribution in [0.2, 0.25) is 0 Å². The summed E-state index contributed by atoms with van der Waals surface area (Å²) in [6.45, 7) is 1.29. The zero-order chi connectivity index (χ0) is 20.7. The third-order valence-electron chi connectivity index (χ3n) is 6.10. The molecule has 0 unspecified atom stereocenters. The van der Waals surface area contributed by atoms with Crippen molar-refractivity contribution in [1.29, 1.82) is 0 Å². The molecule has 0 aromatic heterocycles. The van der Waals surface area contributed by atoms with Gasteiger partial charge < -0.3 is 33.9 Å². The summed E-state index contributed by atoms with van der Waals surface area (Å²) in [7, 11) is 6.08. The monoisotopic (exact) mass is 402 g/mol.